The van der Waals surface area contributed by atoms with Gasteiger partial charge in [-0.1, -0.05) is 19.9 Å². The van der Waals surface area contributed by atoms with Crippen LogP contribution in [0, 0.1) is 12.3 Å². The Hall–Kier alpha value is -2.43. The molecule has 0 unspecified atom stereocenters. The lowest BCUT2D eigenvalue weighted by Gasteiger charge is -2.20. The Bertz CT molecular complexity index is 686. The predicted molar refractivity (Wildman–Crippen MR) is 77.6 cm³/mol. The van der Waals surface area contributed by atoms with Crippen molar-refractivity contribution < 1.29 is 19.5 Å². The number of hydrogen-bond donors (Lipinski definition) is 2. The van der Waals surface area contributed by atoms with Crippen LogP contribution in [0.4, 0.5) is 0 Å². The summed E-state index contributed by atoms with van der Waals surface area (Å²) in [7, 11) is 0. The van der Waals surface area contributed by atoms with Gasteiger partial charge in [0.1, 0.15) is 5.75 Å². The summed E-state index contributed by atoms with van der Waals surface area (Å²) in [4.78, 5) is 36.2. The molecular weight excluding hydrogens is 270 g/mol. The van der Waals surface area contributed by atoms with Crippen molar-refractivity contribution in [3.8, 4) is 5.75 Å². The van der Waals surface area contributed by atoms with Gasteiger partial charge in [0.25, 0.3) is 11.8 Å². The van der Waals surface area contributed by atoms with Gasteiger partial charge in [0.2, 0.25) is 0 Å². The number of allylic oxidation sites excluding steroid dienone is 1. The highest BCUT2D eigenvalue weighted by atomic mass is 16.3. The van der Waals surface area contributed by atoms with Gasteiger partial charge in [0.15, 0.2) is 5.78 Å². The molecule has 0 aliphatic carbocycles. The first-order valence-electron chi connectivity index (χ1n) is 6.57. The number of ketones is 1. The van der Waals surface area contributed by atoms with E-state index >= 15 is 0 Å². The van der Waals surface area contributed by atoms with Crippen LogP contribution in [0.3, 0.4) is 0 Å². The van der Waals surface area contributed by atoms with E-state index in [-0.39, 0.29) is 34.6 Å². The number of Topliss-reactive ketones (excluding diaryl/α,β-unsaturated/α-hetero) is 1. The minimum atomic E-state index is -0.676. The smallest absolute Gasteiger partial charge is 0.262 e. The Morgan fingerprint density at radius 1 is 1.33 bits per heavy atom. The van der Waals surface area contributed by atoms with Crippen molar-refractivity contribution in [1.82, 2.24) is 5.32 Å². The monoisotopic (exact) mass is 287 g/mol. The van der Waals surface area contributed by atoms with Gasteiger partial charge in [-0.15, -0.1) is 6.58 Å². The molecule has 1 aliphatic heterocycles. The first kappa shape index (κ1) is 15.0. The van der Waals surface area contributed by atoms with E-state index in [1.165, 1.54) is 6.07 Å². The SMILES string of the molecule is C=CC(C)(C)CC(=O)c1c(C)cc(O)c2c1C(=O)NC2=O. The second kappa shape index (κ2) is 4.84. The molecule has 5 heteroatoms. The molecule has 110 valence electrons. The van der Waals surface area contributed by atoms with Crippen LogP contribution in [-0.2, 0) is 0 Å². The molecule has 2 amide bonds. The lowest BCUT2D eigenvalue weighted by atomic mass is 9.83. The fraction of sp³-hybridized carbons (Fsp3) is 0.312. The fourth-order valence-electron chi connectivity index (χ4n) is 2.42. The van der Waals surface area contributed by atoms with Gasteiger partial charge in [0, 0.05) is 12.0 Å². The zero-order valence-corrected chi connectivity index (χ0v) is 12.2. The third-order valence-corrected chi connectivity index (χ3v) is 3.63. The second-order valence-electron chi connectivity index (χ2n) is 5.91. The molecule has 0 bridgehead atoms. The third kappa shape index (κ3) is 2.46. The number of aryl methyl sites for hydroxylation is 1. The molecular formula is C16H17NO4. The number of carbonyl (C=O) groups excluding carboxylic acids is 3. The lowest BCUT2D eigenvalue weighted by molar-refractivity contribution is 0.0870. The van der Waals surface area contributed by atoms with Crippen LogP contribution in [0.5, 0.6) is 5.75 Å². The Balaban J connectivity index is 2.61. The van der Waals surface area contributed by atoms with Gasteiger partial charge >= 0.3 is 0 Å². The minimum Gasteiger partial charge on any atom is -0.507 e. The average molecular weight is 287 g/mol. The largest absolute Gasteiger partial charge is 0.507 e. The summed E-state index contributed by atoms with van der Waals surface area (Å²) >= 11 is 0. The fourth-order valence-corrected chi connectivity index (χ4v) is 2.42. The van der Waals surface area contributed by atoms with Crippen LogP contribution in [0.1, 0.15) is 56.9 Å². The van der Waals surface area contributed by atoms with Gasteiger partial charge in [-0.05, 0) is 24.0 Å². The number of phenolic OH excluding ortho intramolecular Hbond substituents is 1. The normalized spacial score (nSPS) is 13.9. The number of amides is 2. The number of hydrogen-bond acceptors (Lipinski definition) is 4. The standard InChI is InChI=1S/C16H17NO4/c1-5-16(3,4)7-10(19)11-8(2)6-9(18)12-13(11)15(21)17-14(12)20/h5-6,18H,1,7H2,2-4H3,(H,17,20,21). The Morgan fingerprint density at radius 3 is 2.48 bits per heavy atom. The van der Waals surface area contributed by atoms with Crippen LogP contribution in [0.25, 0.3) is 0 Å². The quantitative estimate of drug-likeness (QED) is 0.506. The van der Waals surface area contributed by atoms with E-state index in [1.807, 2.05) is 13.8 Å². The van der Waals surface area contributed by atoms with E-state index < -0.39 is 17.2 Å². The zero-order valence-electron chi connectivity index (χ0n) is 12.2. The molecule has 5 nitrogen and oxygen atoms in total. The topological polar surface area (TPSA) is 83.5 Å². The molecule has 0 aromatic heterocycles. The minimum absolute atomic E-state index is 0.0256. The highest BCUT2D eigenvalue weighted by molar-refractivity contribution is 6.26. The molecule has 0 saturated heterocycles. The van der Waals surface area contributed by atoms with E-state index in [2.05, 4.69) is 11.9 Å². The maximum atomic E-state index is 12.5. The second-order valence-corrected chi connectivity index (χ2v) is 5.91. The number of aromatic hydroxyl groups is 1. The van der Waals surface area contributed by atoms with Crippen molar-refractivity contribution >= 4 is 17.6 Å². The number of phenols is 1. The van der Waals surface area contributed by atoms with Gasteiger partial charge in [0.05, 0.1) is 11.1 Å². The molecule has 0 spiro atoms. The summed E-state index contributed by atoms with van der Waals surface area (Å²) in [6.45, 7) is 9.04. The molecule has 21 heavy (non-hydrogen) atoms. The van der Waals surface area contributed by atoms with Gasteiger partial charge in [-0.2, -0.15) is 0 Å². The van der Waals surface area contributed by atoms with Crippen molar-refractivity contribution in [2.75, 3.05) is 0 Å². The molecule has 0 fully saturated rings. The Labute approximate surface area is 122 Å². The van der Waals surface area contributed by atoms with Crippen LogP contribution < -0.4 is 5.32 Å². The molecule has 2 N–H and O–H groups in total. The van der Waals surface area contributed by atoms with Crippen LogP contribution in [0.2, 0.25) is 0 Å². The molecule has 0 atom stereocenters. The molecule has 0 saturated carbocycles. The lowest BCUT2D eigenvalue weighted by Crippen LogP contribution is -2.22. The third-order valence-electron chi connectivity index (χ3n) is 3.63. The summed E-state index contributed by atoms with van der Waals surface area (Å²) in [5, 5.41) is 12.0. The summed E-state index contributed by atoms with van der Waals surface area (Å²) in [6, 6.07) is 1.34. The highest BCUT2D eigenvalue weighted by Crippen LogP contribution is 2.34. The van der Waals surface area contributed by atoms with Crippen molar-refractivity contribution in [1.29, 1.82) is 0 Å². The summed E-state index contributed by atoms with van der Waals surface area (Å²) in [5.41, 5.74) is 0.0997. The van der Waals surface area contributed by atoms with Crippen LogP contribution in [-0.4, -0.2) is 22.7 Å². The number of carbonyl (C=O) groups is 3. The van der Waals surface area contributed by atoms with Crippen LogP contribution >= 0.6 is 0 Å². The van der Waals surface area contributed by atoms with Crippen LogP contribution in [0.15, 0.2) is 18.7 Å². The van der Waals surface area contributed by atoms with E-state index in [0.29, 0.717) is 5.56 Å². The van der Waals surface area contributed by atoms with E-state index in [0.717, 1.165) is 0 Å². The number of fused-ring (bicyclic) bond motifs is 1. The number of nitrogens with one attached hydrogen (secondary N) is 1. The Kier molecular flexibility index (Phi) is 3.45. The molecule has 1 heterocycles. The maximum absolute atomic E-state index is 12.5. The average Bonchev–Trinajstić information content (AvgIpc) is 2.64. The number of imide groups is 1. The first-order valence-corrected chi connectivity index (χ1v) is 6.57. The van der Waals surface area contributed by atoms with E-state index in [1.54, 1.807) is 13.0 Å². The van der Waals surface area contributed by atoms with Crippen molar-refractivity contribution in [3.05, 3.63) is 41.0 Å². The molecule has 2 rings (SSSR count). The Morgan fingerprint density at radius 2 is 1.90 bits per heavy atom. The molecule has 1 aromatic carbocycles. The molecule has 0 radical (unpaired) electrons. The van der Waals surface area contributed by atoms with E-state index in [9.17, 15) is 19.5 Å². The summed E-state index contributed by atoms with van der Waals surface area (Å²) in [5.74, 6) is -1.86. The van der Waals surface area contributed by atoms with E-state index in [4.69, 9.17) is 0 Å². The van der Waals surface area contributed by atoms with Gasteiger partial charge in [-0.3, -0.25) is 19.7 Å². The number of benzene rings is 1. The zero-order chi connectivity index (χ0) is 15.9. The maximum Gasteiger partial charge on any atom is 0.262 e. The van der Waals surface area contributed by atoms with Crippen molar-refractivity contribution in [2.24, 2.45) is 5.41 Å². The van der Waals surface area contributed by atoms with Gasteiger partial charge in [-0.25, -0.2) is 0 Å². The molecule has 1 aromatic rings. The predicted octanol–water partition coefficient (Wildman–Crippen LogP) is 2.37. The van der Waals surface area contributed by atoms with Crippen molar-refractivity contribution in [3.63, 3.8) is 0 Å². The number of rotatable bonds is 4. The summed E-state index contributed by atoms with van der Waals surface area (Å²) < 4.78 is 0. The first-order chi connectivity index (χ1) is 9.68. The molecule has 1 aliphatic rings. The van der Waals surface area contributed by atoms with Crippen molar-refractivity contribution in [2.45, 2.75) is 27.2 Å². The van der Waals surface area contributed by atoms with Gasteiger partial charge < -0.3 is 5.11 Å². The highest BCUT2D eigenvalue weighted by Gasteiger charge is 2.36. The summed E-state index contributed by atoms with van der Waals surface area (Å²) in [6.07, 6.45) is 1.84.